The van der Waals surface area contributed by atoms with Crippen molar-refractivity contribution in [2.45, 2.75) is 12.6 Å². The van der Waals surface area contributed by atoms with Crippen molar-refractivity contribution in [3.63, 3.8) is 0 Å². The number of nitrogens with zero attached hydrogens (tertiary/aromatic N) is 4. The van der Waals surface area contributed by atoms with E-state index in [0.717, 1.165) is 17.7 Å². The molecule has 7 nitrogen and oxygen atoms in total. The van der Waals surface area contributed by atoms with Gasteiger partial charge in [0.1, 0.15) is 12.3 Å². The molecule has 0 saturated heterocycles. The molecule has 0 saturated carbocycles. The van der Waals surface area contributed by atoms with E-state index in [1.807, 2.05) is 24.4 Å². The summed E-state index contributed by atoms with van der Waals surface area (Å²) in [7, 11) is 1.53. The first kappa shape index (κ1) is 21.6. The molecular formula is C24H18F3N5O2. The zero-order valence-corrected chi connectivity index (χ0v) is 17.9. The number of benzene rings is 2. The summed E-state index contributed by atoms with van der Waals surface area (Å²) in [6, 6.07) is 14.0. The Hall–Kier alpha value is -4.21. The van der Waals surface area contributed by atoms with Gasteiger partial charge in [0.2, 0.25) is 5.95 Å². The molecule has 0 unspecified atom stereocenters. The average Bonchev–Trinajstić information content (AvgIpc) is 3.30. The van der Waals surface area contributed by atoms with Crippen LogP contribution in [0.3, 0.4) is 0 Å². The normalized spacial score (nSPS) is 12.7. The molecule has 0 aliphatic carbocycles. The molecule has 1 aliphatic heterocycles. The van der Waals surface area contributed by atoms with Crippen molar-refractivity contribution in [2.24, 2.45) is 4.99 Å². The van der Waals surface area contributed by atoms with Gasteiger partial charge in [-0.2, -0.15) is 18.2 Å². The summed E-state index contributed by atoms with van der Waals surface area (Å²) in [5.41, 5.74) is 3.23. The SMILES string of the molecule is COc1ccc(-n2c(=O)c(-c3ccc4c(c3)N=CC4)cc3cnc(NCC(F)(F)F)nc32)cc1. The van der Waals surface area contributed by atoms with Crippen LogP contribution >= 0.6 is 0 Å². The number of hydrogen-bond acceptors (Lipinski definition) is 6. The van der Waals surface area contributed by atoms with Crippen molar-refractivity contribution >= 4 is 28.9 Å². The largest absolute Gasteiger partial charge is 0.497 e. The fourth-order valence-electron chi connectivity index (χ4n) is 3.81. The minimum atomic E-state index is -4.44. The monoisotopic (exact) mass is 465 g/mol. The Morgan fingerprint density at radius 2 is 1.91 bits per heavy atom. The Labute approximate surface area is 191 Å². The highest BCUT2D eigenvalue weighted by Gasteiger charge is 2.27. The maximum atomic E-state index is 13.7. The van der Waals surface area contributed by atoms with E-state index in [1.165, 1.54) is 17.9 Å². The van der Waals surface area contributed by atoms with Gasteiger partial charge in [0.25, 0.3) is 5.56 Å². The van der Waals surface area contributed by atoms with Crippen molar-refractivity contribution < 1.29 is 17.9 Å². The van der Waals surface area contributed by atoms with E-state index in [4.69, 9.17) is 4.74 Å². The van der Waals surface area contributed by atoms with Gasteiger partial charge in [0, 0.05) is 29.8 Å². The zero-order chi connectivity index (χ0) is 23.9. The lowest BCUT2D eigenvalue weighted by Gasteiger charge is -2.15. The fourth-order valence-corrected chi connectivity index (χ4v) is 3.81. The molecule has 10 heteroatoms. The van der Waals surface area contributed by atoms with Gasteiger partial charge in [-0.3, -0.25) is 14.4 Å². The van der Waals surface area contributed by atoms with Crippen molar-refractivity contribution in [3.8, 4) is 22.6 Å². The van der Waals surface area contributed by atoms with Crippen LogP contribution in [0.1, 0.15) is 5.56 Å². The number of nitrogens with one attached hydrogen (secondary N) is 1. The second kappa shape index (κ2) is 8.29. The van der Waals surface area contributed by atoms with Crippen LogP contribution in [0.5, 0.6) is 5.75 Å². The average molecular weight is 465 g/mol. The number of methoxy groups -OCH3 is 1. The van der Waals surface area contributed by atoms with Crippen LogP contribution in [-0.4, -0.2) is 40.6 Å². The summed E-state index contributed by atoms with van der Waals surface area (Å²) in [6.45, 7) is -1.29. The minimum Gasteiger partial charge on any atom is -0.497 e. The van der Waals surface area contributed by atoms with E-state index < -0.39 is 12.7 Å². The van der Waals surface area contributed by atoms with Gasteiger partial charge in [0.15, 0.2) is 5.65 Å². The third-order valence-corrected chi connectivity index (χ3v) is 5.46. The summed E-state index contributed by atoms with van der Waals surface area (Å²) in [5, 5.41) is 2.66. The van der Waals surface area contributed by atoms with Gasteiger partial charge >= 0.3 is 6.18 Å². The molecule has 0 amide bonds. The first-order valence-electron chi connectivity index (χ1n) is 10.4. The van der Waals surface area contributed by atoms with Crippen LogP contribution in [0.15, 0.2) is 64.5 Å². The van der Waals surface area contributed by atoms with Crippen LogP contribution in [0.4, 0.5) is 24.8 Å². The molecule has 3 heterocycles. The van der Waals surface area contributed by atoms with E-state index in [0.29, 0.717) is 28.0 Å². The number of alkyl halides is 3. The highest BCUT2D eigenvalue weighted by Crippen LogP contribution is 2.31. The van der Waals surface area contributed by atoms with Crippen LogP contribution in [-0.2, 0) is 6.42 Å². The number of aromatic nitrogens is 3. The molecule has 34 heavy (non-hydrogen) atoms. The first-order valence-corrected chi connectivity index (χ1v) is 10.4. The fraction of sp³-hybridized carbons (Fsp3) is 0.167. The maximum absolute atomic E-state index is 13.7. The van der Waals surface area contributed by atoms with Gasteiger partial charge < -0.3 is 10.1 Å². The highest BCUT2D eigenvalue weighted by atomic mass is 19.4. The number of rotatable bonds is 5. The molecule has 2 aromatic heterocycles. The first-order chi connectivity index (χ1) is 16.3. The lowest BCUT2D eigenvalue weighted by molar-refractivity contribution is -0.115. The summed E-state index contributed by atoms with van der Waals surface area (Å²) in [5.74, 6) is 0.363. The van der Waals surface area contributed by atoms with Crippen molar-refractivity contribution in [3.05, 3.63) is 70.6 Å². The highest BCUT2D eigenvalue weighted by molar-refractivity contribution is 5.85. The van der Waals surface area contributed by atoms with Crippen LogP contribution in [0, 0.1) is 0 Å². The smallest absolute Gasteiger partial charge is 0.405 e. The van der Waals surface area contributed by atoms with Gasteiger partial charge in [-0.1, -0.05) is 12.1 Å². The number of halogens is 3. The van der Waals surface area contributed by atoms with E-state index in [2.05, 4.69) is 20.3 Å². The van der Waals surface area contributed by atoms with E-state index in [1.54, 1.807) is 30.3 Å². The molecule has 4 aromatic rings. The Bertz CT molecular complexity index is 1480. The molecule has 0 spiro atoms. The van der Waals surface area contributed by atoms with Gasteiger partial charge in [-0.25, -0.2) is 4.98 Å². The molecular weight excluding hydrogens is 447 g/mol. The lowest BCUT2D eigenvalue weighted by atomic mass is 10.0. The second-order valence-corrected chi connectivity index (χ2v) is 7.70. The van der Waals surface area contributed by atoms with Crippen LogP contribution in [0.2, 0.25) is 0 Å². The van der Waals surface area contributed by atoms with Crippen molar-refractivity contribution in [1.82, 2.24) is 14.5 Å². The van der Waals surface area contributed by atoms with E-state index in [9.17, 15) is 18.0 Å². The molecule has 0 atom stereocenters. The molecule has 2 aromatic carbocycles. The molecule has 0 fully saturated rings. The standard InChI is InChI=1S/C24H18F3N5O2/c1-34-18-6-4-17(5-7-18)32-21-16(12-29-23(31-21)30-13-24(25,26)27)10-19(22(32)33)15-3-2-14-8-9-28-20(14)11-15/h2-7,9-12H,8,13H2,1H3,(H,29,30,31). The quantitative estimate of drug-likeness (QED) is 0.463. The summed E-state index contributed by atoms with van der Waals surface area (Å²) in [4.78, 5) is 26.3. The van der Waals surface area contributed by atoms with Gasteiger partial charge in [-0.15, -0.1) is 0 Å². The van der Waals surface area contributed by atoms with E-state index >= 15 is 0 Å². The Kier molecular flexibility index (Phi) is 5.27. The third-order valence-electron chi connectivity index (χ3n) is 5.46. The number of fused-ring (bicyclic) bond motifs is 2. The Balaban J connectivity index is 1.71. The zero-order valence-electron chi connectivity index (χ0n) is 17.9. The molecule has 0 bridgehead atoms. The summed E-state index contributed by atoms with van der Waals surface area (Å²) >= 11 is 0. The Morgan fingerprint density at radius 3 is 2.65 bits per heavy atom. The molecule has 0 radical (unpaired) electrons. The lowest BCUT2D eigenvalue weighted by Crippen LogP contribution is -2.24. The van der Waals surface area contributed by atoms with Crippen molar-refractivity contribution in [1.29, 1.82) is 0 Å². The van der Waals surface area contributed by atoms with Crippen molar-refractivity contribution in [2.75, 3.05) is 19.0 Å². The van der Waals surface area contributed by atoms with Gasteiger partial charge in [-0.05, 0) is 47.5 Å². The number of anilines is 1. The molecule has 5 rings (SSSR count). The number of hydrogen-bond donors (Lipinski definition) is 1. The van der Waals surface area contributed by atoms with E-state index in [-0.39, 0.29) is 17.2 Å². The number of pyridine rings is 1. The van der Waals surface area contributed by atoms with Crippen LogP contribution in [0.25, 0.3) is 27.8 Å². The molecule has 172 valence electrons. The molecule has 1 N–H and O–H groups in total. The Morgan fingerprint density at radius 1 is 1.12 bits per heavy atom. The van der Waals surface area contributed by atoms with Crippen LogP contribution < -0.4 is 15.6 Å². The number of aliphatic imine (C=N–C) groups is 1. The van der Waals surface area contributed by atoms with Gasteiger partial charge in [0.05, 0.1) is 18.5 Å². The molecule has 1 aliphatic rings. The summed E-state index contributed by atoms with van der Waals surface area (Å²) < 4.78 is 44.6. The topological polar surface area (TPSA) is 81.4 Å². The second-order valence-electron chi connectivity index (χ2n) is 7.70. The minimum absolute atomic E-state index is 0.178. The maximum Gasteiger partial charge on any atom is 0.405 e. The third kappa shape index (κ3) is 4.09. The predicted octanol–water partition coefficient (Wildman–Crippen LogP) is 4.69. The number of ether oxygens (including phenoxy) is 1. The summed E-state index contributed by atoms with van der Waals surface area (Å²) in [6.07, 6.45) is -0.484. The predicted molar refractivity (Wildman–Crippen MR) is 124 cm³/mol.